The number of amides is 1. The number of nitrogens with one attached hydrogen (secondary N) is 1. The lowest BCUT2D eigenvalue weighted by Crippen LogP contribution is -2.29. The predicted octanol–water partition coefficient (Wildman–Crippen LogP) is 2.05. The standard InChI is InChI=1S/C14H14F2N2O4/c1-8-12(18-7-21-8)13(20)17-6-11(19)9-2-4-10(5-3-9)22-14(15)16/h2-5,7,11,14,19H,6H2,1H3,(H,17,20). The second-order valence-corrected chi connectivity index (χ2v) is 4.43. The van der Waals surface area contributed by atoms with Gasteiger partial charge in [0.05, 0.1) is 6.10 Å². The Kier molecular flexibility index (Phi) is 5.05. The van der Waals surface area contributed by atoms with Gasteiger partial charge in [-0.3, -0.25) is 4.79 Å². The number of aryl methyl sites for hydroxylation is 1. The number of aromatic nitrogens is 1. The van der Waals surface area contributed by atoms with E-state index in [0.29, 0.717) is 11.3 Å². The molecule has 22 heavy (non-hydrogen) atoms. The van der Waals surface area contributed by atoms with E-state index in [2.05, 4.69) is 15.0 Å². The lowest BCUT2D eigenvalue weighted by Gasteiger charge is -2.12. The first-order valence-electron chi connectivity index (χ1n) is 6.38. The Labute approximate surface area is 124 Å². The zero-order valence-electron chi connectivity index (χ0n) is 11.6. The van der Waals surface area contributed by atoms with Gasteiger partial charge in [0.15, 0.2) is 12.1 Å². The number of nitrogens with zero attached hydrogens (tertiary/aromatic N) is 1. The zero-order valence-corrected chi connectivity index (χ0v) is 11.6. The average Bonchev–Trinajstić information content (AvgIpc) is 2.91. The van der Waals surface area contributed by atoms with Crippen molar-refractivity contribution in [2.45, 2.75) is 19.6 Å². The lowest BCUT2D eigenvalue weighted by molar-refractivity contribution is -0.0498. The number of halogens is 2. The van der Waals surface area contributed by atoms with Crippen LogP contribution in [0.15, 0.2) is 35.1 Å². The molecule has 0 saturated carbocycles. The summed E-state index contributed by atoms with van der Waals surface area (Å²) >= 11 is 0. The average molecular weight is 312 g/mol. The van der Waals surface area contributed by atoms with Crippen molar-refractivity contribution in [3.8, 4) is 5.75 Å². The number of carbonyl (C=O) groups is 1. The number of ether oxygens (including phenoxy) is 1. The molecule has 118 valence electrons. The second kappa shape index (κ2) is 6.99. The van der Waals surface area contributed by atoms with Crippen molar-refractivity contribution in [1.82, 2.24) is 10.3 Å². The first-order chi connectivity index (χ1) is 10.5. The van der Waals surface area contributed by atoms with Gasteiger partial charge < -0.3 is 19.6 Å². The highest BCUT2D eigenvalue weighted by Gasteiger charge is 2.15. The quantitative estimate of drug-likeness (QED) is 0.853. The Morgan fingerprint density at radius 1 is 1.41 bits per heavy atom. The van der Waals surface area contributed by atoms with Crippen LogP contribution >= 0.6 is 0 Å². The summed E-state index contributed by atoms with van der Waals surface area (Å²) in [5, 5.41) is 12.5. The van der Waals surface area contributed by atoms with Crippen LogP contribution < -0.4 is 10.1 Å². The van der Waals surface area contributed by atoms with E-state index in [1.807, 2.05) is 0 Å². The summed E-state index contributed by atoms with van der Waals surface area (Å²) in [5.74, 6) is -0.100. The molecule has 2 rings (SSSR count). The lowest BCUT2D eigenvalue weighted by atomic mass is 10.1. The fourth-order valence-corrected chi connectivity index (χ4v) is 1.79. The third kappa shape index (κ3) is 4.01. The topological polar surface area (TPSA) is 84.6 Å². The molecule has 1 heterocycles. The molecule has 1 atom stereocenters. The summed E-state index contributed by atoms with van der Waals surface area (Å²) in [7, 11) is 0. The summed E-state index contributed by atoms with van der Waals surface area (Å²) in [4.78, 5) is 15.5. The highest BCUT2D eigenvalue weighted by Crippen LogP contribution is 2.19. The van der Waals surface area contributed by atoms with Crippen molar-refractivity contribution >= 4 is 5.91 Å². The van der Waals surface area contributed by atoms with Gasteiger partial charge in [-0.1, -0.05) is 12.1 Å². The molecule has 0 aliphatic carbocycles. The number of hydrogen-bond acceptors (Lipinski definition) is 5. The molecule has 1 amide bonds. The van der Waals surface area contributed by atoms with Crippen LogP contribution in [-0.2, 0) is 0 Å². The van der Waals surface area contributed by atoms with E-state index in [0.717, 1.165) is 6.39 Å². The van der Waals surface area contributed by atoms with Gasteiger partial charge in [0.2, 0.25) is 0 Å². The molecule has 0 spiro atoms. The number of hydrogen-bond donors (Lipinski definition) is 2. The van der Waals surface area contributed by atoms with E-state index in [1.54, 1.807) is 6.92 Å². The van der Waals surface area contributed by atoms with Crippen LogP contribution in [0.1, 0.15) is 27.9 Å². The molecule has 0 radical (unpaired) electrons. The molecule has 1 unspecified atom stereocenters. The summed E-state index contributed by atoms with van der Waals surface area (Å²) < 4.78 is 33.2. The Morgan fingerprint density at radius 3 is 2.64 bits per heavy atom. The maximum atomic E-state index is 12.0. The fourth-order valence-electron chi connectivity index (χ4n) is 1.79. The first-order valence-corrected chi connectivity index (χ1v) is 6.38. The molecule has 8 heteroatoms. The van der Waals surface area contributed by atoms with Gasteiger partial charge in [-0.25, -0.2) is 4.98 Å². The largest absolute Gasteiger partial charge is 0.448 e. The van der Waals surface area contributed by atoms with Crippen LogP contribution in [0, 0.1) is 6.92 Å². The van der Waals surface area contributed by atoms with Gasteiger partial charge in [0, 0.05) is 6.54 Å². The Hall–Kier alpha value is -2.48. The molecule has 2 aromatic rings. The van der Waals surface area contributed by atoms with Crippen molar-refractivity contribution in [3.05, 3.63) is 47.7 Å². The van der Waals surface area contributed by atoms with Gasteiger partial charge in [-0.15, -0.1) is 0 Å². The Morgan fingerprint density at radius 2 is 2.09 bits per heavy atom. The van der Waals surface area contributed by atoms with Crippen LogP contribution in [0.5, 0.6) is 5.75 Å². The minimum Gasteiger partial charge on any atom is -0.448 e. The summed E-state index contributed by atoms with van der Waals surface area (Å²) in [6.07, 6.45) is 0.166. The molecule has 1 aromatic carbocycles. The molecule has 0 aliphatic rings. The van der Waals surface area contributed by atoms with Gasteiger partial charge in [0.25, 0.3) is 5.91 Å². The van der Waals surface area contributed by atoms with Crippen molar-refractivity contribution < 1.29 is 27.8 Å². The molecular formula is C14H14F2N2O4. The van der Waals surface area contributed by atoms with E-state index in [9.17, 15) is 18.7 Å². The third-order valence-corrected chi connectivity index (χ3v) is 2.91. The number of rotatable bonds is 6. The number of carbonyl (C=O) groups excluding carboxylic acids is 1. The van der Waals surface area contributed by atoms with E-state index < -0.39 is 18.6 Å². The number of aliphatic hydroxyl groups is 1. The summed E-state index contributed by atoms with van der Waals surface area (Å²) in [5.41, 5.74) is 0.603. The number of alkyl halides is 2. The smallest absolute Gasteiger partial charge is 0.387 e. The van der Waals surface area contributed by atoms with Crippen molar-refractivity contribution in [2.24, 2.45) is 0 Å². The minimum atomic E-state index is -2.90. The van der Waals surface area contributed by atoms with Gasteiger partial charge in [-0.2, -0.15) is 8.78 Å². The maximum Gasteiger partial charge on any atom is 0.387 e. The number of aliphatic hydroxyl groups excluding tert-OH is 1. The van der Waals surface area contributed by atoms with Crippen LogP contribution in [0.3, 0.4) is 0 Å². The molecular weight excluding hydrogens is 298 g/mol. The predicted molar refractivity (Wildman–Crippen MR) is 71.6 cm³/mol. The minimum absolute atomic E-state index is 0.00629. The molecule has 2 N–H and O–H groups in total. The molecule has 0 fully saturated rings. The van der Waals surface area contributed by atoms with Crippen LogP contribution in [-0.4, -0.2) is 29.2 Å². The normalized spacial score (nSPS) is 12.2. The van der Waals surface area contributed by atoms with E-state index in [4.69, 9.17) is 4.42 Å². The number of benzene rings is 1. The van der Waals surface area contributed by atoms with Crippen LogP contribution in [0.2, 0.25) is 0 Å². The Balaban J connectivity index is 1.90. The summed E-state index contributed by atoms with van der Waals surface area (Å²) in [6, 6.07) is 5.51. The van der Waals surface area contributed by atoms with Gasteiger partial charge in [-0.05, 0) is 24.6 Å². The van der Waals surface area contributed by atoms with E-state index in [1.165, 1.54) is 24.3 Å². The summed E-state index contributed by atoms with van der Waals surface area (Å²) in [6.45, 7) is -1.36. The van der Waals surface area contributed by atoms with Gasteiger partial charge in [0.1, 0.15) is 11.5 Å². The molecule has 0 bridgehead atoms. The molecule has 6 nitrogen and oxygen atoms in total. The second-order valence-electron chi connectivity index (χ2n) is 4.43. The number of oxazole rings is 1. The van der Waals surface area contributed by atoms with E-state index in [-0.39, 0.29) is 18.0 Å². The first kappa shape index (κ1) is 15.9. The van der Waals surface area contributed by atoms with Crippen molar-refractivity contribution in [1.29, 1.82) is 0 Å². The Bertz CT molecular complexity index is 628. The molecule has 1 aromatic heterocycles. The van der Waals surface area contributed by atoms with Crippen LogP contribution in [0.4, 0.5) is 8.78 Å². The molecule has 0 saturated heterocycles. The SMILES string of the molecule is Cc1ocnc1C(=O)NCC(O)c1ccc(OC(F)F)cc1. The maximum absolute atomic E-state index is 12.0. The fraction of sp³-hybridized carbons (Fsp3) is 0.286. The monoisotopic (exact) mass is 312 g/mol. The van der Waals surface area contributed by atoms with Crippen molar-refractivity contribution in [3.63, 3.8) is 0 Å². The van der Waals surface area contributed by atoms with E-state index >= 15 is 0 Å². The third-order valence-electron chi connectivity index (χ3n) is 2.91. The zero-order chi connectivity index (χ0) is 16.1. The highest BCUT2D eigenvalue weighted by molar-refractivity contribution is 5.93. The van der Waals surface area contributed by atoms with Gasteiger partial charge >= 0.3 is 6.61 Å². The highest BCUT2D eigenvalue weighted by atomic mass is 19.3. The van der Waals surface area contributed by atoms with Crippen LogP contribution in [0.25, 0.3) is 0 Å². The van der Waals surface area contributed by atoms with Crippen molar-refractivity contribution in [2.75, 3.05) is 6.54 Å². The molecule has 0 aliphatic heterocycles.